The molecule has 0 spiro atoms. The van der Waals surface area contributed by atoms with E-state index in [0.29, 0.717) is 29.9 Å². The number of rotatable bonds is 16. The third-order valence-electron chi connectivity index (χ3n) is 13.2. The fraction of sp³-hybridized carbons (Fsp3) is 0.300. The zero-order valence-corrected chi connectivity index (χ0v) is 42.7. The summed E-state index contributed by atoms with van der Waals surface area (Å²) in [6, 6.07) is 42.8. The van der Waals surface area contributed by atoms with E-state index in [-0.39, 0.29) is 24.7 Å². The summed E-state index contributed by atoms with van der Waals surface area (Å²) >= 11 is 4.88. The number of likely N-dealkylation sites (tertiary alicyclic amines) is 2. The molecule has 0 amide bonds. The van der Waals surface area contributed by atoms with Gasteiger partial charge < -0.3 is 19.3 Å². The molecule has 2 aromatic heterocycles. The van der Waals surface area contributed by atoms with Crippen molar-refractivity contribution in [1.82, 2.24) is 9.80 Å². The Labute approximate surface area is 431 Å². The van der Waals surface area contributed by atoms with Crippen LogP contribution in [0.4, 0.5) is 0 Å². The Morgan fingerprint density at radius 1 is 0.563 bits per heavy atom. The molecule has 4 heterocycles. The number of carbonyl (C=O) groups excluding carboxylic acids is 2. The summed E-state index contributed by atoms with van der Waals surface area (Å²) in [4.78, 5) is 35.6. The highest BCUT2D eigenvalue weighted by atomic mass is 32.2. The number of phenolic OH excluding ortho intramolecular Hbond substituents is 1. The van der Waals surface area contributed by atoms with E-state index in [2.05, 4.69) is 71.5 Å². The minimum absolute atomic E-state index is 0. The Bertz CT molecular complexity index is 3020. The van der Waals surface area contributed by atoms with Crippen molar-refractivity contribution in [3.05, 3.63) is 161 Å². The fourth-order valence-corrected chi connectivity index (χ4v) is 12.1. The predicted octanol–water partition coefficient (Wildman–Crippen LogP) is 14.7. The van der Waals surface area contributed by atoms with Crippen LogP contribution < -0.4 is 14.2 Å². The van der Waals surface area contributed by atoms with Crippen LogP contribution in [0.3, 0.4) is 0 Å². The van der Waals surface area contributed by atoms with Crippen LogP contribution in [0.1, 0.15) is 83.4 Å². The van der Waals surface area contributed by atoms with Gasteiger partial charge in [0.2, 0.25) is 0 Å². The van der Waals surface area contributed by atoms with Crippen LogP contribution in [0, 0.1) is 6.92 Å². The van der Waals surface area contributed by atoms with E-state index in [0.717, 1.165) is 90.0 Å². The number of ether oxygens (including phenoxy) is 3. The van der Waals surface area contributed by atoms with Crippen molar-refractivity contribution in [2.45, 2.75) is 57.8 Å². The number of piperidine rings is 2. The lowest BCUT2D eigenvalue weighted by atomic mass is 9.97. The number of nitrogens with zero attached hydrogens (tertiary/aromatic N) is 2. The highest BCUT2D eigenvalue weighted by Crippen LogP contribution is 2.43. The molecular formula is C60H64N2O6S3. The number of hydrogen-bond donors (Lipinski definition) is 1. The van der Waals surface area contributed by atoms with Gasteiger partial charge in [-0.25, -0.2) is 0 Å². The lowest BCUT2D eigenvalue weighted by Gasteiger charge is -2.26. The van der Waals surface area contributed by atoms with E-state index in [1.807, 2.05) is 72.8 Å². The van der Waals surface area contributed by atoms with Crippen molar-refractivity contribution < 1.29 is 28.9 Å². The molecule has 2 saturated heterocycles. The second-order valence-corrected chi connectivity index (χ2v) is 20.9. The molecule has 1 N–H and O–H groups in total. The van der Waals surface area contributed by atoms with E-state index in [1.54, 1.807) is 42.3 Å². The van der Waals surface area contributed by atoms with Crippen molar-refractivity contribution >= 4 is 66.2 Å². The number of aromatic hydroxyl groups is 1. The number of ketones is 2. The Morgan fingerprint density at radius 2 is 1.00 bits per heavy atom. The van der Waals surface area contributed by atoms with Gasteiger partial charge in [0.25, 0.3) is 0 Å². The maximum Gasteiger partial charge on any atom is 0.195 e. The Balaban J connectivity index is 0.000000188. The van der Waals surface area contributed by atoms with Gasteiger partial charge >= 0.3 is 0 Å². The quantitative estimate of drug-likeness (QED) is 0.0751. The molecule has 6 aromatic carbocycles. The SMILES string of the molecule is C.COc1ccc2c(C(=O)c3ccc(OCCN4CCCCC4)cc3)c(-c3ccc(SC)cc3)sc2c1.Cc1ccc(-c2sc3cc(O)ccc3c2C(=O)c2ccc(OCCN3CCCCC3)cc2)cc1. The van der Waals surface area contributed by atoms with Crippen molar-refractivity contribution in [1.29, 1.82) is 0 Å². The molecule has 11 heteroatoms. The number of carbonyl (C=O) groups is 2. The summed E-state index contributed by atoms with van der Waals surface area (Å²) < 4.78 is 19.3. The molecule has 8 aromatic rings. The second kappa shape index (κ2) is 24.4. The normalized spacial score (nSPS) is 14.1. The number of fused-ring (bicyclic) bond motifs is 2. The van der Waals surface area contributed by atoms with Gasteiger partial charge in [-0.1, -0.05) is 62.2 Å². The third kappa shape index (κ3) is 12.6. The molecule has 0 aliphatic carbocycles. The molecule has 368 valence electrons. The fourth-order valence-electron chi connectivity index (χ4n) is 9.24. The van der Waals surface area contributed by atoms with Crippen molar-refractivity contribution in [3.63, 3.8) is 0 Å². The molecule has 10 rings (SSSR count). The highest BCUT2D eigenvalue weighted by Gasteiger charge is 2.24. The van der Waals surface area contributed by atoms with Gasteiger partial charge in [-0.2, -0.15) is 0 Å². The summed E-state index contributed by atoms with van der Waals surface area (Å²) in [7, 11) is 1.67. The number of hydrogen-bond acceptors (Lipinski definition) is 11. The maximum atomic E-state index is 13.8. The van der Waals surface area contributed by atoms with Gasteiger partial charge in [0.1, 0.15) is 36.2 Å². The average Bonchev–Trinajstić information content (AvgIpc) is 3.98. The average molecular weight is 1010 g/mol. The minimum atomic E-state index is -0.0209. The molecule has 2 fully saturated rings. The van der Waals surface area contributed by atoms with E-state index in [9.17, 15) is 14.7 Å². The van der Waals surface area contributed by atoms with Crippen molar-refractivity contribution in [2.75, 3.05) is 65.8 Å². The first kappa shape index (κ1) is 51.4. The number of thiophene rings is 2. The third-order valence-corrected chi connectivity index (χ3v) is 16.3. The van der Waals surface area contributed by atoms with E-state index >= 15 is 0 Å². The molecule has 8 nitrogen and oxygen atoms in total. The zero-order valence-electron chi connectivity index (χ0n) is 40.2. The summed E-state index contributed by atoms with van der Waals surface area (Å²) in [5.74, 6) is 2.58. The standard InChI is InChI=1S/C30H31NO3S2.C29H29NO3S.CH4/c1-33-24-12-15-26-27(20-24)36-30(22-8-13-25(35-2)14-9-22)28(26)29(32)21-6-10-23(11-7-21)34-19-18-31-16-4-3-5-17-31;1-20-5-7-22(8-6-20)29-27(25-14-11-23(31)19-26(25)34-29)28(32)21-9-12-24(13-10-21)33-18-17-30-15-3-2-4-16-30;/h6-15,20H,3-5,16-19H2,1-2H3;5-14,19,31H,2-4,15-18H2,1H3;1H4. The van der Waals surface area contributed by atoms with Gasteiger partial charge in [0.15, 0.2) is 11.6 Å². The van der Waals surface area contributed by atoms with E-state index in [4.69, 9.17) is 14.2 Å². The van der Waals surface area contributed by atoms with Gasteiger partial charge in [0, 0.05) is 70.2 Å². The van der Waals surface area contributed by atoms with Crippen LogP contribution in [0.25, 0.3) is 41.1 Å². The van der Waals surface area contributed by atoms with Crippen LogP contribution in [-0.2, 0) is 0 Å². The van der Waals surface area contributed by atoms with Gasteiger partial charge in [0.05, 0.1) is 7.11 Å². The molecule has 0 atom stereocenters. The molecule has 0 bridgehead atoms. The molecule has 2 aliphatic heterocycles. The first-order chi connectivity index (χ1) is 34.2. The second-order valence-electron chi connectivity index (χ2n) is 18.0. The lowest BCUT2D eigenvalue weighted by molar-refractivity contribution is 0.103. The monoisotopic (exact) mass is 1000 g/mol. The molecule has 0 radical (unpaired) electrons. The molecule has 2 aliphatic rings. The van der Waals surface area contributed by atoms with Gasteiger partial charge in [-0.3, -0.25) is 19.4 Å². The van der Waals surface area contributed by atoms with Crippen LogP contribution in [-0.4, -0.2) is 92.3 Å². The van der Waals surface area contributed by atoms with Crippen LogP contribution in [0.5, 0.6) is 23.0 Å². The number of methoxy groups -OCH3 is 1. The van der Waals surface area contributed by atoms with Crippen molar-refractivity contribution in [3.8, 4) is 43.9 Å². The topological polar surface area (TPSA) is 88.5 Å². The Kier molecular flexibility index (Phi) is 17.7. The first-order valence-corrected chi connectivity index (χ1v) is 27.2. The summed E-state index contributed by atoms with van der Waals surface area (Å²) in [5, 5.41) is 11.8. The zero-order chi connectivity index (χ0) is 48.4. The van der Waals surface area contributed by atoms with E-state index < -0.39 is 0 Å². The summed E-state index contributed by atoms with van der Waals surface area (Å²) in [6.07, 6.45) is 9.85. The number of aryl methyl sites for hydroxylation is 1. The highest BCUT2D eigenvalue weighted by molar-refractivity contribution is 7.98. The molecule has 71 heavy (non-hydrogen) atoms. The number of phenols is 1. The van der Waals surface area contributed by atoms with Crippen LogP contribution in [0.15, 0.2) is 138 Å². The first-order valence-electron chi connectivity index (χ1n) is 24.3. The largest absolute Gasteiger partial charge is 0.508 e. The minimum Gasteiger partial charge on any atom is -0.508 e. The number of benzene rings is 6. The molecule has 0 unspecified atom stereocenters. The Hall–Kier alpha value is -5.95. The predicted molar refractivity (Wildman–Crippen MR) is 297 cm³/mol. The Morgan fingerprint density at radius 3 is 1.46 bits per heavy atom. The number of thioether (sulfide) groups is 1. The molecule has 0 saturated carbocycles. The van der Waals surface area contributed by atoms with Crippen LogP contribution >= 0.6 is 34.4 Å². The van der Waals surface area contributed by atoms with Gasteiger partial charge in [-0.05, 0) is 173 Å². The van der Waals surface area contributed by atoms with E-state index in [1.165, 1.54) is 73.4 Å². The van der Waals surface area contributed by atoms with Crippen molar-refractivity contribution in [2.24, 2.45) is 0 Å². The summed E-state index contributed by atoms with van der Waals surface area (Å²) in [5.41, 5.74) is 5.95. The maximum absolute atomic E-state index is 13.8. The smallest absolute Gasteiger partial charge is 0.195 e. The molecular weight excluding hydrogens is 941 g/mol. The van der Waals surface area contributed by atoms with Crippen LogP contribution in [0.2, 0.25) is 0 Å². The van der Waals surface area contributed by atoms with Gasteiger partial charge in [-0.15, -0.1) is 34.4 Å². The lowest BCUT2D eigenvalue weighted by Crippen LogP contribution is -2.33. The summed E-state index contributed by atoms with van der Waals surface area (Å²) in [6.45, 7) is 9.91.